The molecule has 18 heavy (non-hydrogen) atoms. The van der Waals surface area contributed by atoms with Crippen molar-refractivity contribution < 1.29 is 18.3 Å². The van der Waals surface area contributed by atoms with E-state index in [4.69, 9.17) is 4.74 Å². The summed E-state index contributed by atoms with van der Waals surface area (Å²) in [7, 11) is 0. The lowest BCUT2D eigenvalue weighted by atomic mass is 10.2. The average Bonchev–Trinajstić information content (AvgIpc) is 2.27. The van der Waals surface area contributed by atoms with E-state index in [9.17, 15) is 8.78 Å². The summed E-state index contributed by atoms with van der Waals surface area (Å²) >= 11 is 0. The van der Waals surface area contributed by atoms with Crippen LogP contribution in [0.5, 0.6) is 0 Å². The minimum Gasteiger partial charge on any atom is -0.381 e. The van der Waals surface area contributed by atoms with Crippen molar-refractivity contribution in [2.45, 2.75) is 54.6 Å². The third-order valence-electron chi connectivity index (χ3n) is 1.36. The lowest BCUT2D eigenvalue weighted by Gasteiger charge is -2.01. The molecular formula is C14H32F2O2. The van der Waals surface area contributed by atoms with E-state index >= 15 is 0 Å². The zero-order valence-corrected chi connectivity index (χ0v) is 13.1. The Morgan fingerprint density at radius 3 is 1.39 bits per heavy atom. The molecule has 0 N–H and O–H groups in total. The first-order chi connectivity index (χ1) is 8.31. The maximum atomic E-state index is 11.1. The lowest BCUT2D eigenvalue weighted by molar-refractivity contribution is 0.0152. The highest BCUT2D eigenvalue weighted by Gasteiger charge is 1.88. The van der Waals surface area contributed by atoms with Gasteiger partial charge in [-0.15, -0.1) is 0 Å². The molecule has 0 atom stereocenters. The molecule has 0 spiro atoms. The highest BCUT2D eigenvalue weighted by Crippen LogP contribution is 1.90. The van der Waals surface area contributed by atoms with Crippen molar-refractivity contribution in [3.8, 4) is 0 Å². The predicted molar refractivity (Wildman–Crippen MR) is 74.3 cm³/mol. The third-order valence-corrected chi connectivity index (χ3v) is 1.36. The fourth-order valence-corrected chi connectivity index (χ4v) is 0.480. The molecule has 0 heterocycles. The number of hydrogen-bond donors (Lipinski definition) is 0. The van der Waals surface area contributed by atoms with E-state index in [1.54, 1.807) is 13.8 Å². The van der Waals surface area contributed by atoms with Gasteiger partial charge in [0.2, 0.25) is 0 Å². The monoisotopic (exact) mass is 268 g/mol. The van der Waals surface area contributed by atoms with Gasteiger partial charge >= 0.3 is 0 Å². The summed E-state index contributed by atoms with van der Waals surface area (Å²) < 4.78 is 31.6. The number of ether oxygens (including phenoxy) is 2. The van der Waals surface area contributed by atoms with E-state index in [1.165, 1.54) is 0 Å². The Morgan fingerprint density at radius 2 is 1.33 bits per heavy atom. The number of rotatable bonds is 6. The van der Waals surface area contributed by atoms with Crippen molar-refractivity contribution in [2.75, 3.05) is 26.7 Å². The summed E-state index contributed by atoms with van der Waals surface area (Å²) in [5.74, 6) is 0.898. The molecule has 4 heteroatoms. The average molecular weight is 268 g/mol. The molecular weight excluding hydrogens is 236 g/mol. The first-order valence-corrected chi connectivity index (χ1v) is 6.62. The van der Waals surface area contributed by atoms with E-state index in [2.05, 4.69) is 18.6 Å². The Balaban J connectivity index is -0.000000190. The predicted octanol–water partition coefficient (Wildman–Crippen LogP) is 4.63. The summed E-state index contributed by atoms with van der Waals surface area (Å²) in [6.45, 7) is 14.5. The van der Waals surface area contributed by atoms with E-state index in [-0.39, 0.29) is 18.7 Å². The topological polar surface area (TPSA) is 18.5 Å². The van der Waals surface area contributed by atoms with Crippen LogP contribution in [-0.2, 0) is 9.47 Å². The van der Waals surface area contributed by atoms with Crippen molar-refractivity contribution in [3.63, 3.8) is 0 Å². The Hall–Kier alpha value is -0.220. The smallest absolute Gasteiger partial charge is 0.188 e. The van der Waals surface area contributed by atoms with Crippen LogP contribution >= 0.6 is 0 Å². The summed E-state index contributed by atoms with van der Waals surface area (Å²) in [6, 6.07) is 0. The molecule has 114 valence electrons. The Morgan fingerprint density at radius 1 is 0.889 bits per heavy atom. The summed E-state index contributed by atoms with van der Waals surface area (Å²) in [4.78, 5) is 0. The van der Waals surface area contributed by atoms with Gasteiger partial charge in [-0.2, -0.15) is 0 Å². The molecule has 0 aromatic heterocycles. The molecule has 0 aliphatic rings. The summed E-state index contributed by atoms with van der Waals surface area (Å²) in [5, 5.41) is 0. The second-order valence-corrected chi connectivity index (χ2v) is 4.93. The van der Waals surface area contributed by atoms with Crippen LogP contribution in [0.15, 0.2) is 0 Å². The molecule has 0 aromatic rings. The van der Waals surface area contributed by atoms with Crippen LogP contribution in [0.3, 0.4) is 0 Å². The maximum Gasteiger partial charge on any atom is 0.188 e. The van der Waals surface area contributed by atoms with Crippen LogP contribution in [0.1, 0.15) is 48.5 Å². The fraction of sp³-hybridized carbons (Fsp3) is 1.00. The van der Waals surface area contributed by atoms with Crippen molar-refractivity contribution in [1.82, 2.24) is 0 Å². The van der Waals surface area contributed by atoms with Gasteiger partial charge in [0.15, 0.2) is 6.86 Å². The summed E-state index contributed by atoms with van der Waals surface area (Å²) in [6.07, 6.45) is 0.0231. The van der Waals surface area contributed by atoms with E-state index in [0.29, 0.717) is 5.92 Å². The van der Waals surface area contributed by atoms with Gasteiger partial charge in [-0.3, -0.25) is 4.39 Å². The van der Waals surface area contributed by atoms with Crippen molar-refractivity contribution in [2.24, 2.45) is 11.8 Å². The highest BCUT2D eigenvalue weighted by atomic mass is 18.2. The van der Waals surface area contributed by atoms with Gasteiger partial charge in [0, 0.05) is 13.2 Å². The molecule has 0 saturated heterocycles. The quantitative estimate of drug-likeness (QED) is 0.699. The van der Waals surface area contributed by atoms with Crippen LogP contribution in [0.2, 0.25) is 0 Å². The van der Waals surface area contributed by atoms with Crippen LogP contribution in [0, 0.1) is 11.8 Å². The second kappa shape index (κ2) is 19.1. The molecule has 0 rings (SSSR count). The molecule has 0 bridgehead atoms. The zero-order chi connectivity index (χ0) is 15.0. The molecule has 0 amide bonds. The third kappa shape index (κ3) is 44.7. The molecule has 0 fully saturated rings. The molecule has 0 saturated carbocycles. The Kier molecular flexibility index (Phi) is 24.4. The van der Waals surface area contributed by atoms with Gasteiger partial charge < -0.3 is 9.47 Å². The van der Waals surface area contributed by atoms with Crippen molar-refractivity contribution in [1.29, 1.82) is 0 Å². The normalized spacial score (nSPS) is 10.0. The van der Waals surface area contributed by atoms with Crippen LogP contribution in [0.4, 0.5) is 8.78 Å². The Labute approximate surface area is 112 Å². The van der Waals surface area contributed by atoms with Gasteiger partial charge in [0.1, 0.15) is 0 Å². The van der Waals surface area contributed by atoms with Gasteiger partial charge in [0.05, 0.1) is 12.8 Å². The Bertz CT molecular complexity index is 129. The van der Waals surface area contributed by atoms with Crippen LogP contribution in [0.25, 0.3) is 0 Å². The number of halogens is 2. The molecule has 0 aliphatic heterocycles. The molecule has 0 radical (unpaired) electrons. The first kappa shape index (κ1) is 22.9. The first-order valence-electron chi connectivity index (χ1n) is 6.62. The van der Waals surface area contributed by atoms with Crippen molar-refractivity contribution >= 4 is 0 Å². The SMILES string of the molecule is CC(C)C[18F].CC(C)OC[18F].CCOCC(C)C. The van der Waals surface area contributed by atoms with E-state index in [1.807, 2.05) is 20.8 Å². The van der Waals surface area contributed by atoms with Gasteiger partial charge in [-0.25, -0.2) is 4.39 Å². The molecule has 0 unspecified atom stereocenters. The molecule has 0 aromatic carbocycles. The summed E-state index contributed by atoms with van der Waals surface area (Å²) in [5.41, 5.74) is 0. The largest absolute Gasteiger partial charge is 0.381 e. The van der Waals surface area contributed by atoms with E-state index in [0.717, 1.165) is 13.2 Å². The standard InChI is InChI=1S/C6H14O.C4H9FO.C4H9F/c1-4-7-5-6(2)3;1-4(2)6-3-5;1-4(2)3-5/h6H,4-5H2,1-3H3;4H,3H2,1-2H3;4H,3H2,1-2H3/i;2*5-1. The molecule has 2 nitrogen and oxygen atoms in total. The second-order valence-electron chi connectivity index (χ2n) is 4.93. The lowest BCUT2D eigenvalue weighted by Crippen LogP contribution is -2.00. The van der Waals surface area contributed by atoms with Gasteiger partial charge in [-0.1, -0.05) is 27.7 Å². The molecule has 0 aliphatic carbocycles. The van der Waals surface area contributed by atoms with Crippen LogP contribution < -0.4 is 0 Å². The van der Waals surface area contributed by atoms with E-state index < -0.39 is 6.86 Å². The van der Waals surface area contributed by atoms with Crippen LogP contribution in [-0.4, -0.2) is 32.9 Å². The number of alkyl halides is 2. The van der Waals surface area contributed by atoms with Gasteiger partial charge in [-0.05, 0) is 32.6 Å². The van der Waals surface area contributed by atoms with Gasteiger partial charge in [0.25, 0.3) is 0 Å². The number of hydrogen-bond acceptors (Lipinski definition) is 2. The zero-order valence-electron chi connectivity index (χ0n) is 13.1. The fourth-order valence-electron chi connectivity index (χ4n) is 0.480. The minimum atomic E-state index is -0.669. The maximum absolute atomic E-state index is 11.1. The highest BCUT2D eigenvalue weighted by molar-refractivity contribution is 4.36. The van der Waals surface area contributed by atoms with Crippen molar-refractivity contribution in [3.05, 3.63) is 0 Å². The minimum absolute atomic E-state index is 0.0231.